The van der Waals surface area contributed by atoms with Gasteiger partial charge in [0.1, 0.15) is 5.54 Å². The first-order valence-corrected chi connectivity index (χ1v) is 9.13. The van der Waals surface area contributed by atoms with Crippen LogP contribution in [0, 0.1) is 17.8 Å². The zero-order chi connectivity index (χ0) is 20.3. The topological polar surface area (TPSA) is 95.7 Å². The maximum atomic E-state index is 12.7. The van der Waals surface area contributed by atoms with Crippen LogP contribution in [0.15, 0.2) is 48.5 Å². The van der Waals surface area contributed by atoms with Crippen molar-refractivity contribution >= 4 is 17.5 Å². The number of hydrogen-bond acceptors (Lipinski definition) is 4. The molecule has 1 saturated heterocycles. The minimum Gasteiger partial charge on any atom is -0.399 e. The van der Waals surface area contributed by atoms with Crippen molar-refractivity contribution in [1.29, 1.82) is 0 Å². The zero-order valence-corrected chi connectivity index (χ0v) is 15.9. The van der Waals surface area contributed by atoms with Crippen LogP contribution in [0.4, 0.5) is 5.69 Å². The molecule has 0 spiro atoms. The SMILES string of the molecule is CC(C)[C@@]1(NC(=O)c2ccc(C#Cc3ccc(N)cc3)cc2)CCN(O)C1=O. The van der Waals surface area contributed by atoms with Gasteiger partial charge in [0.25, 0.3) is 11.8 Å². The second-order valence-corrected chi connectivity index (χ2v) is 7.21. The van der Waals surface area contributed by atoms with Crippen molar-refractivity contribution in [1.82, 2.24) is 10.4 Å². The number of amides is 2. The summed E-state index contributed by atoms with van der Waals surface area (Å²) in [6, 6.07) is 14.1. The molecule has 1 fully saturated rings. The van der Waals surface area contributed by atoms with E-state index in [-0.39, 0.29) is 18.4 Å². The van der Waals surface area contributed by atoms with Gasteiger partial charge in [-0.3, -0.25) is 14.8 Å². The van der Waals surface area contributed by atoms with Crippen LogP contribution < -0.4 is 11.1 Å². The van der Waals surface area contributed by atoms with E-state index < -0.39 is 11.4 Å². The number of benzene rings is 2. The second-order valence-electron chi connectivity index (χ2n) is 7.21. The van der Waals surface area contributed by atoms with Crippen molar-refractivity contribution in [3.8, 4) is 11.8 Å². The van der Waals surface area contributed by atoms with Gasteiger partial charge in [-0.05, 0) is 60.9 Å². The highest BCUT2D eigenvalue weighted by molar-refractivity contribution is 6.00. The van der Waals surface area contributed by atoms with Crippen LogP contribution in [0.3, 0.4) is 0 Å². The summed E-state index contributed by atoms with van der Waals surface area (Å²) in [7, 11) is 0. The highest BCUT2D eigenvalue weighted by atomic mass is 16.5. The third-order valence-corrected chi connectivity index (χ3v) is 5.07. The van der Waals surface area contributed by atoms with E-state index in [1.54, 1.807) is 36.4 Å². The van der Waals surface area contributed by atoms with Crippen LogP contribution in [-0.2, 0) is 4.79 Å². The lowest BCUT2D eigenvalue weighted by Gasteiger charge is -2.31. The summed E-state index contributed by atoms with van der Waals surface area (Å²) in [5.41, 5.74) is 7.31. The summed E-state index contributed by atoms with van der Waals surface area (Å²) < 4.78 is 0. The van der Waals surface area contributed by atoms with Crippen LogP contribution in [0.25, 0.3) is 0 Å². The molecule has 0 aromatic heterocycles. The van der Waals surface area contributed by atoms with Crippen molar-refractivity contribution in [2.75, 3.05) is 12.3 Å². The monoisotopic (exact) mass is 377 g/mol. The van der Waals surface area contributed by atoms with E-state index >= 15 is 0 Å². The van der Waals surface area contributed by atoms with Gasteiger partial charge in [-0.2, -0.15) is 0 Å². The van der Waals surface area contributed by atoms with Crippen LogP contribution in [-0.4, -0.2) is 34.2 Å². The Kier molecular flexibility index (Phi) is 5.39. The lowest BCUT2D eigenvalue weighted by atomic mass is 9.84. The number of nitrogen functional groups attached to an aromatic ring is 1. The molecule has 1 atom stereocenters. The fourth-order valence-electron chi connectivity index (χ4n) is 3.21. The first kappa shape index (κ1) is 19.5. The van der Waals surface area contributed by atoms with Crippen molar-refractivity contribution < 1.29 is 14.8 Å². The summed E-state index contributed by atoms with van der Waals surface area (Å²) in [6.07, 6.45) is 0.372. The van der Waals surface area contributed by atoms with E-state index in [9.17, 15) is 14.8 Å². The Bertz CT molecular complexity index is 940. The summed E-state index contributed by atoms with van der Waals surface area (Å²) in [4.78, 5) is 25.0. The Hall–Kier alpha value is -3.30. The van der Waals surface area contributed by atoms with Crippen LogP contribution in [0.5, 0.6) is 0 Å². The number of carbonyl (C=O) groups excluding carboxylic acids is 2. The maximum absolute atomic E-state index is 12.7. The first-order valence-electron chi connectivity index (χ1n) is 9.13. The van der Waals surface area contributed by atoms with Crippen LogP contribution in [0.1, 0.15) is 41.8 Å². The molecule has 28 heavy (non-hydrogen) atoms. The Balaban J connectivity index is 1.73. The minimum atomic E-state index is -1.08. The fourth-order valence-corrected chi connectivity index (χ4v) is 3.21. The highest BCUT2D eigenvalue weighted by Gasteiger charge is 2.50. The van der Waals surface area contributed by atoms with Gasteiger partial charge in [0, 0.05) is 22.4 Å². The number of nitrogens with one attached hydrogen (secondary N) is 1. The van der Waals surface area contributed by atoms with Gasteiger partial charge in [0.05, 0.1) is 6.54 Å². The molecule has 6 nitrogen and oxygen atoms in total. The predicted octanol–water partition coefficient (Wildman–Crippen LogP) is 2.41. The van der Waals surface area contributed by atoms with Crippen LogP contribution >= 0.6 is 0 Å². The van der Waals surface area contributed by atoms with E-state index in [1.165, 1.54) is 0 Å². The molecule has 0 radical (unpaired) electrons. The molecule has 144 valence electrons. The third-order valence-electron chi connectivity index (χ3n) is 5.07. The quantitative estimate of drug-likeness (QED) is 0.435. The average Bonchev–Trinajstić information content (AvgIpc) is 2.97. The average molecular weight is 377 g/mol. The van der Waals surface area contributed by atoms with E-state index in [4.69, 9.17) is 5.73 Å². The summed E-state index contributed by atoms with van der Waals surface area (Å²) in [5.74, 6) is 5.12. The van der Waals surface area contributed by atoms with E-state index in [2.05, 4.69) is 17.2 Å². The van der Waals surface area contributed by atoms with Gasteiger partial charge in [-0.1, -0.05) is 25.7 Å². The molecule has 0 bridgehead atoms. The Labute approximate surface area is 164 Å². The van der Waals surface area contributed by atoms with Gasteiger partial charge >= 0.3 is 0 Å². The fraction of sp³-hybridized carbons (Fsp3) is 0.273. The zero-order valence-electron chi connectivity index (χ0n) is 15.9. The first-order chi connectivity index (χ1) is 13.3. The number of hydrogen-bond donors (Lipinski definition) is 3. The van der Waals surface area contributed by atoms with E-state index in [1.807, 2.05) is 26.0 Å². The maximum Gasteiger partial charge on any atom is 0.271 e. The lowest BCUT2D eigenvalue weighted by molar-refractivity contribution is -0.162. The number of carbonyl (C=O) groups is 2. The predicted molar refractivity (Wildman–Crippen MR) is 106 cm³/mol. The standard InChI is InChI=1S/C22H23N3O3/c1-15(2)22(13-14-25(28)21(22)27)24-20(26)18-9-5-16(6-10-18)3-4-17-7-11-19(23)12-8-17/h5-12,15,28H,13-14,23H2,1-2H3,(H,24,26)/t22-/m0/s1. The van der Waals surface area contributed by atoms with E-state index in [0.717, 1.165) is 11.1 Å². The van der Waals surface area contributed by atoms with Gasteiger partial charge in [-0.15, -0.1) is 0 Å². The summed E-state index contributed by atoms with van der Waals surface area (Å²) in [5, 5.41) is 13.2. The van der Waals surface area contributed by atoms with Crippen molar-refractivity contribution in [2.45, 2.75) is 25.8 Å². The molecular weight excluding hydrogens is 354 g/mol. The number of hydroxylamine groups is 2. The van der Waals surface area contributed by atoms with Gasteiger partial charge in [0.2, 0.25) is 0 Å². The van der Waals surface area contributed by atoms with Gasteiger partial charge in [-0.25, -0.2) is 5.06 Å². The van der Waals surface area contributed by atoms with Gasteiger partial charge < -0.3 is 11.1 Å². The van der Waals surface area contributed by atoms with Crippen molar-refractivity contribution in [2.24, 2.45) is 5.92 Å². The molecular formula is C22H23N3O3. The number of nitrogens with zero attached hydrogens (tertiary/aromatic N) is 1. The Morgan fingerprint density at radius 2 is 1.64 bits per heavy atom. The Morgan fingerprint density at radius 3 is 2.11 bits per heavy atom. The second kappa shape index (κ2) is 7.75. The number of rotatable bonds is 3. The number of anilines is 1. The largest absolute Gasteiger partial charge is 0.399 e. The molecule has 1 aliphatic rings. The molecule has 1 aliphatic heterocycles. The lowest BCUT2D eigenvalue weighted by Crippen LogP contribution is -2.57. The molecule has 1 heterocycles. The molecule has 2 amide bonds. The molecule has 2 aromatic carbocycles. The summed E-state index contributed by atoms with van der Waals surface area (Å²) >= 11 is 0. The van der Waals surface area contributed by atoms with Gasteiger partial charge in [0.15, 0.2) is 0 Å². The number of nitrogens with two attached hydrogens (primary N) is 1. The van der Waals surface area contributed by atoms with E-state index in [0.29, 0.717) is 22.7 Å². The minimum absolute atomic E-state index is 0.147. The highest BCUT2D eigenvalue weighted by Crippen LogP contribution is 2.30. The molecule has 6 heteroatoms. The Morgan fingerprint density at radius 1 is 1.11 bits per heavy atom. The summed E-state index contributed by atoms with van der Waals surface area (Å²) in [6.45, 7) is 3.91. The molecule has 2 aromatic rings. The molecule has 3 rings (SSSR count). The molecule has 4 N–H and O–H groups in total. The normalized spacial score (nSPS) is 18.7. The van der Waals surface area contributed by atoms with Crippen molar-refractivity contribution in [3.05, 3.63) is 65.2 Å². The molecule has 0 unspecified atom stereocenters. The third kappa shape index (κ3) is 3.85. The van der Waals surface area contributed by atoms with Crippen molar-refractivity contribution in [3.63, 3.8) is 0 Å². The molecule has 0 saturated carbocycles. The van der Waals surface area contributed by atoms with Crippen LogP contribution in [0.2, 0.25) is 0 Å². The smallest absolute Gasteiger partial charge is 0.271 e. The molecule has 0 aliphatic carbocycles.